The summed E-state index contributed by atoms with van der Waals surface area (Å²) in [6.07, 6.45) is 0.336. The average Bonchev–Trinajstić information content (AvgIpc) is 3.40. The maximum Gasteiger partial charge on any atom is 0.169 e. The molecule has 0 saturated carbocycles. The first kappa shape index (κ1) is 17.9. The number of benzene rings is 4. The van der Waals surface area contributed by atoms with Gasteiger partial charge >= 0.3 is 0 Å². The molecule has 3 aliphatic rings. The lowest BCUT2D eigenvalue weighted by atomic mass is 9.61. The highest BCUT2D eigenvalue weighted by Crippen LogP contribution is 2.69. The number of Topliss-reactive ketones (excluding diaryl/α,β-unsaturated/α-hetero) is 2. The van der Waals surface area contributed by atoms with E-state index in [1.807, 2.05) is 60.7 Å². The van der Waals surface area contributed by atoms with Gasteiger partial charge in [-0.15, -0.1) is 0 Å². The number of carbonyl (C=O) groups is 2. The van der Waals surface area contributed by atoms with E-state index in [1.165, 1.54) is 0 Å². The molecule has 4 aromatic rings. The van der Waals surface area contributed by atoms with Crippen LogP contribution in [-0.4, -0.2) is 11.6 Å². The second-order valence-corrected chi connectivity index (χ2v) is 9.18. The maximum atomic E-state index is 14.3. The van der Waals surface area contributed by atoms with Crippen LogP contribution in [0.4, 0.5) is 0 Å². The molecule has 7 rings (SSSR count). The summed E-state index contributed by atoms with van der Waals surface area (Å²) in [5.74, 6) is -0.118. The van der Waals surface area contributed by atoms with Crippen molar-refractivity contribution in [2.75, 3.05) is 0 Å². The summed E-state index contributed by atoms with van der Waals surface area (Å²) >= 11 is 0. The van der Waals surface area contributed by atoms with Crippen molar-refractivity contribution in [3.05, 3.63) is 142 Å². The third-order valence-corrected chi connectivity index (χ3v) is 8.01. The molecule has 2 nitrogen and oxygen atoms in total. The summed E-state index contributed by atoms with van der Waals surface area (Å²) in [7, 11) is 0. The molecule has 32 heavy (non-hydrogen) atoms. The quantitative estimate of drug-likeness (QED) is 0.401. The fourth-order valence-corrected chi connectivity index (χ4v) is 7.05. The molecular weight excluding hydrogens is 392 g/mol. The van der Waals surface area contributed by atoms with E-state index < -0.39 is 10.8 Å². The van der Waals surface area contributed by atoms with Crippen LogP contribution in [0.2, 0.25) is 0 Å². The normalized spacial score (nSPS) is 26.7. The van der Waals surface area contributed by atoms with Crippen molar-refractivity contribution in [3.63, 3.8) is 0 Å². The Balaban J connectivity index is 1.69. The van der Waals surface area contributed by atoms with Crippen LogP contribution in [0.1, 0.15) is 55.0 Å². The second-order valence-electron chi connectivity index (χ2n) is 9.18. The van der Waals surface area contributed by atoms with E-state index >= 15 is 0 Å². The molecule has 3 aliphatic carbocycles. The molecule has 2 heteroatoms. The predicted octanol–water partition coefficient (Wildman–Crippen LogP) is 5.72. The molecule has 0 unspecified atom stereocenters. The summed E-state index contributed by atoms with van der Waals surface area (Å²) in [4.78, 5) is 27.6. The molecule has 4 aromatic carbocycles. The van der Waals surface area contributed by atoms with E-state index in [0.29, 0.717) is 6.42 Å². The van der Waals surface area contributed by atoms with E-state index in [0.717, 1.165) is 38.9 Å². The van der Waals surface area contributed by atoms with Crippen LogP contribution in [0.15, 0.2) is 103 Å². The SMILES string of the molecule is O=C1C[C@]2(c3ccccc31)c1ccccc1[C@@]1(c3ccccc3)c3ccccc3C(=O)[C@H]21. The minimum atomic E-state index is -0.657. The topological polar surface area (TPSA) is 34.1 Å². The van der Waals surface area contributed by atoms with E-state index in [9.17, 15) is 9.59 Å². The summed E-state index contributed by atoms with van der Waals surface area (Å²) in [5, 5.41) is 0. The molecule has 0 fully saturated rings. The minimum Gasteiger partial charge on any atom is -0.294 e. The molecule has 1 spiro atoms. The number of rotatable bonds is 1. The van der Waals surface area contributed by atoms with Crippen LogP contribution in [-0.2, 0) is 10.8 Å². The highest BCUT2D eigenvalue weighted by atomic mass is 16.1. The van der Waals surface area contributed by atoms with Crippen LogP contribution in [0.5, 0.6) is 0 Å². The summed E-state index contributed by atoms with van der Waals surface area (Å²) in [5.41, 5.74) is 5.73. The first-order valence-electron chi connectivity index (χ1n) is 11.1. The van der Waals surface area contributed by atoms with Crippen LogP contribution in [0.25, 0.3) is 0 Å². The zero-order valence-electron chi connectivity index (χ0n) is 17.4. The third-order valence-electron chi connectivity index (χ3n) is 8.01. The highest BCUT2D eigenvalue weighted by Gasteiger charge is 2.70. The minimum absolute atomic E-state index is 0.128. The van der Waals surface area contributed by atoms with Crippen molar-refractivity contribution in [1.29, 1.82) is 0 Å². The van der Waals surface area contributed by atoms with Gasteiger partial charge in [0.2, 0.25) is 0 Å². The summed E-state index contributed by atoms with van der Waals surface area (Å²) < 4.78 is 0. The zero-order valence-corrected chi connectivity index (χ0v) is 17.4. The van der Waals surface area contributed by atoms with Gasteiger partial charge in [-0.3, -0.25) is 9.59 Å². The molecule has 0 saturated heterocycles. The number of carbonyl (C=O) groups excluding carboxylic acids is 2. The number of fused-ring (bicyclic) bond motifs is 9. The van der Waals surface area contributed by atoms with Crippen LogP contribution in [0.3, 0.4) is 0 Å². The van der Waals surface area contributed by atoms with Gasteiger partial charge in [0.1, 0.15) is 0 Å². The van der Waals surface area contributed by atoms with Gasteiger partial charge in [0, 0.05) is 23.0 Å². The number of hydrogen-bond donors (Lipinski definition) is 0. The van der Waals surface area contributed by atoms with Gasteiger partial charge in [0.25, 0.3) is 0 Å². The van der Waals surface area contributed by atoms with E-state index in [1.54, 1.807) is 0 Å². The first-order chi connectivity index (χ1) is 15.7. The van der Waals surface area contributed by atoms with Crippen molar-refractivity contribution in [2.45, 2.75) is 17.3 Å². The van der Waals surface area contributed by atoms with Gasteiger partial charge in [-0.2, -0.15) is 0 Å². The summed E-state index contributed by atoms with van der Waals surface area (Å²) in [6, 6.07) is 34.8. The number of ketones is 2. The van der Waals surface area contributed by atoms with E-state index in [2.05, 4.69) is 42.5 Å². The van der Waals surface area contributed by atoms with Crippen molar-refractivity contribution < 1.29 is 9.59 Å². The van der Waals surface area contributed by atoms with Gasteiger partial charge in [0.05, 0.1) is 11.3 Å². The van der Waals surface area contributed by atoms with Gasteiger partial charge < -0.3 is 0 Å². The lowest BCUT2D eigenvalue weighted by Crippen LogP contribution is -2.42. The Labute approximate surface area is 186 Å². The lowest BCUT2D eigenvalue weighted by molar-refractivity contribution is 0.0849. The van der Waals surface area contributed by atoms with E-state index in [4.69, 9.17) is 0 Å². The smallest absolute Gasteiger partial charge is 0.169 e. The van der Waals surface area contributed by atoms with Gasteiger partial charge in [0.15, 0.2) is 11.6 Å². The second kappa shape index (κ2) is 5.92. The Morgan fingerprint density at radius 1 is 0.562 bits per heavy atom. The molecule has 0 N–H and O–H groups in total. The molecule has 0 bridgehead atoms. The van der Waals surface area contributed by atoms with Crippen LogP contribution >= 0.6 is 0 Å². The van der Waals surface area contributed by atoms with Gasteiger partial charge in [-0.1, -0.05) is 103 Å². The Kier molecular flexibility index (Phi) is 3.30. The maximum absolute atomic E-state index is 14.3. The van der Waals surface area contributed by atoms with Crippen LogP contribution in [0, 0.1) is 5.92 Å². The number of hydrogen-bond acceptors (Lipinski definition) is 2. The molecule has 0 radical (unpaired) electrons. The fraction of sp³-hybridized carbons (Fsp3) is 0.133. The standard InChI is InChI=1S/C30H20O2/c31-26-18-29(22-14-6-4-12-20(22)26)24-16-8-9-17-25(24)30(19-10-2-1-3-11-19)23-15-7-5-13-21(23)27(32)28(29)30/h1-17,28H,18H2/t28-,29+,30-/m1/s1. The van der Waals surface area contributed by atoms with Crippen molar-refractivity contribution in [1.82, 2.24) is 0 Å². The molecule has 3 atom stereocenters. The van der Waals surface area contributed by atoms with Crippen molar-refractivity contribution >= 4 is 11.6 Å². The molecular formula is C30H20O2. The van der Waals surface area contributed by atoms with Gasteiger partial charge in [-0.05, 0) is 27.8 Å². The molecule has 0 aromatic heterocycles. The zero-order chi connectivity index (χ0) is 21.5. The Hall–Kier alpha value is -3.78. The third kappa shape index (κ3) is 1.80. The Morgan fingerprint density at radius 3 is 1.88 bits per heavy atom. The highest BCUT2D eigenvalue weighted by molar-refractivity contribution is 6.12. The first-order valence-corrected chi connectivity index (χ1v) is 11.1. The molecule has 0 amide bonds. The predicted molar refractivity (Wildman–Crippen MR) is 123 cm³/mol. The average molecular weight is 412 g/mol. The van der Waals surface area contributed by atoms with Gasteiger partial charge in [-0.25, -0.2) is 0 Å². The Morgan fingerprint density at radius 2 is 1.12 bits per heavy atom. The van der Waals surface area contributed by atoms with Crippen molar-refractivity contribution in [3.8, 4) is 0 Å². The van der Waals surface area contributed by atoms with E-state index in [-0.39, 0.29) is 17.5 Å². The molecule has 152 valence electrons. The monoisotopic (exact) mass is 412 g/mol. The summed E-state index contributed by atoms with van der Waals surface area (Å²) in [6.45, 7) is 0. The van der Waals surface area contributed by atoms with Crippen LogP contribution < -0.4 is 0 Å². The fourth-order valence-electron chi connectivity index (χ4n) is 7.05. The van der Waals surface area contributed by atoms with Crippen molar-refractivity contribution in [2.24, 2.45) is 5.92 Å². The molecule has 0 heterocycles. The Bertz CT molecular complexity index is 1450. The molecule has 0 aliphatic heterocycles. The largest absolute Gasteiger partial charge is 0.294 e. The lowest BCUT2D eigenvalue weighted by Gasteiger charge is -2.37.